The van der Waals surface area contributed by atoms with Crippen LogP contribution >= 0.6 is 0 Å². The van der Waals surface area contributed by atoms with Gasteiger partial charge in [0.15, 0.2) is 6.61 Å². The van der Waals surface area contributed by atoms with E-state index in [0.29, 0.717) is 17.9 Å². The van der Waals surface area contributed by atoms with Crippen molar-refractivity contribution in [3.05, 3.63) is 77.0 Å². The first-order valence-electron chi connectivity index (χ1n) is 10.4. The van der Waals surface area contributed by atoms with Crippen LogP contribution in [0.1, 0.15) is 29.6 Å². The van der Waals surface area contributed by atoms with Crippen LogP contribution in [-0.2, 0) is 20.9 Å². The van der Waals surface area contributed by atoms with Crippen LogP contribution in [0.5, 0.6) is 5.75 Å². The summed E-state index contributed by atoms with van der Waals surface area (Å²) in [7, 11) is 0. The zero-order valence-corrected chi connectivity index (χ0v) is 18.8. The molecule has 8 heteroatoms. The third kappa shape index (κ3) is 5.92. The fourth-order valence-corrected chi connectivity index (χ4v) is 3.34. The Balaban J connectivity index is 1.68. The third-order valence-electron chi connectivity index (χ3n) is 4.89. The number of aryl methyl sites for hydroxylation is 1. The molecular formula is C25H25N3O5. The molecule has 0 aliphatic carbocycles. The lowest BCUT2D eigenvalue weighted by molar-refractivity contribution is -0.144. The average Bonchev–Trinajstić information content (AvgIpc) is 3.43. The molecule has 170 valence electrons. The Hall–Kier alpha value is -4.25. The van der Waals surface area contributed by atoms with Gasteiger partial charge in [-0.1, -0.05) is 0 Å². The fourth-order valence-electron chi connectivity index (χ4n) is 3.34. The highest BCUT2D eigenvalue weighted by atomic mass is 16.5. The van der Waals surface area contributed by atoms with Crippen LogP contribution in [-0.4, -0.2) is 29.7 Å². The predicted molar refractivity (Wildman–Crippen MR) is 122 cm³/mol. The lowest BCUT2D eigenvalue weighted by atomic mass is 10.1. The smallest absolute Gasteiger partial charge is 0.349 e. The summed E-state index contributed by atoms with van der Waals surface area (Å²) in [5.41, 5.74) is 3.24. The number of benzene rings is 1. The van der Waals surface area contributed by atoms with E-state index in [9.17, 15) is 14.9 Å². The van der Waals surface area contributed by atoms with Gasteiger partial charge in [0.2, 0.25) is 0 Å². The van der Waals surface area contributed by atoms with Crippen LogP contribution < -0.4 is 10.1 Å². The van der Waals surface area contributed by atoms with E-state index in [1.165, 1.54) is 12.3 Å². The first-order valence-corrected chi connectivity index (χ1v) is 10.4. The number of aromatic nitrogens is 1. The van der Waals surface area contributed by atoms with Gasteiger partial charge in [0.1, 0.15) is 23.2 Å². The van der Waals surface area contributed by atoms with Gasteiger partial charge < -0.3 is 23.8 Å². The van der Waals surface area contributed by atoms with Crippen molar-refractivity contribution in [3.8, 4) is 17.5 Å². The van der Waals surface area contributed by atoms with E-state index < -0.39 is 18.5 Å². The molecule has 1 aromatic carbocycles. The summed E-state index contributed by atoms with van der Waals surface area (Å²) in [6.07, 6.45) is 2.97. The predicted octanol–water partition coefficient (Wildman–Crippen LogP) is 3.85. The van der Waals surface area contributed by atoms with E-state index in [2.05, 4.69) is 5.32 Å². The van der Waals surface area contributed by atoms with Crippen LogP contribution in [0.4, 0.5) is 0 Å². The number of hydrogen-bond donors (Lipinski definition) is 1. The standard InChI is InChI=1S/C25H25N3O5/c1-4-31-22-9-7-21(8-10-22)28-17(2)12-19(18(28)3)13-20(14-26)25(30)33-16-24(29)27-15-23-6-5-11-32-23/h5-13H,4,15-16H2,1-3H3,(H,27,29)/b20-13+. The number of carbonyl (C=O) groups is 2. The summed E-state index contributed by atoms with van der Waals surface area (Å²) < 4.78 is 17.6. The zero-order valence-electron chi connectivity index (χ0n) is 18.8. The molecule has 0 saturated heterocycles. The van der Waals surface area contributed by atoms with Gasteiger partial charge >= 0.3 is 5.97 Å². The van der Waals surface area contributed by atoms with Crippen LogP contribution in [0.25, 0.3) is 11.8 Å². The Morgan fingerprint density at radius 3 is 2.61 bits per heavy atom. The van der Waals surface area contributed by atoms with E-state index >= 15 is 0 Å². The zero-order chi connectivity index (χ0) is 23.8. The Bertz CT molecular complexity index is 1180. The second-order valence-corrected chi connectivity index (χ2v) is 7.19. The van der Waals surface area contributed by atoms with Crippen LogP contribution in [0.2, 0.25) is 0 Å². The largest absolute Gasteiger partial charge is 0.494 e. The summed E-state index contributed by atoms with van der Waals surface area (Å²) in [6, 6.07) is 14.8. The fraction of sp³-hybridized carbons (Fsp3) is 0.240. The van der Waals surface area contributed by atoms with E-state index in [1.54, 1.807) is 12.1 Å². The molecule has 1 amide bonds. The van der Waals surface area contributed by atoms with Crippen molar-refractivity contribution in [2.75, 3.05) is 13.2 Å². The molecular weight excluding hydrogens is 422 g/mol. The number of rotatable bonds is 9. The van der Waals surface area contributed by atoms with E-state index in [1.807, 2.05) is 61.7 Å². The van der Waals surface area contributed by atoms with E-state index in [4.69, 9.17) is 13.9 Å². The molecule has 0 atom stereocenters. The molecule has 2 aromatic heterocycles. The maximum Gasteiger partial charge on any atom is 0.349 e. The number of amides is 1. The minimum atomic E-state index is -0.864. The van der Waals surface area contributed by atoms with Crippen molar-refractivity contribution in [2.24, 2.45) is 0 Å². The molecule has 0 aliphatic heterocycles. The van der Waals surface area contributed by atoms with Crippen molar-refractivity contribution in [1.29, 1.82) is 5.26 Å². The minimum absolute atomic E-state index is 0.182. The summed E-state index contributed by atoms with van der Waals surface area (Å²) in [5, 5.41) is 12.0. The number of nitrogens with zero attached hydrogens (tertiary/aromatic N) is 2. The highest BCUT2D eigenvalue weighted by molar-refractivity contribution is 5.99. The Morgan fingerprint density at radius 1 is 1.21 bits per heavy atom. The van der Waals surface area contributed by atoms with Crippen LogP contribution in [0.3, 0.4) is 0 Å². The van der Waals surface area contributed by atoms with Crippen molar-refractivity contribution in [2.45, 2.75) is 27.3 Å². The maximum atomic E-state index is 12.4. The number of furan rings is 1. The number of hydrogen-bond acceptors (Lipinski definition) is 6. The summed E-state index contributed by atoms with van der Waals surface area (Å²) >= 11 is 0. The number of esters is 1. The SMILES string of the molecule is CCOc1ccc(-n2c(C)cc(/C=C(\C#N)C(=O)OCC(=O)NCc3ccco3)c2C)cc1. The number of nitrogens with one attached hydrogen (secondary N) is 1. The second-order valence-electron chi connectivity index (χ2n) is 7.19. The van der Waals surface area contributed by atoms with Gasteiger partial charge in [-0.15, -0.1) is 0 Å². The lowest BCUT2D eigenvalue weighted by Crippen LogP contribution is -2.28. The number of ether oxygens (including phenoxy) is 2. The molecule has 0 spiro atoms. The Labute approximate surface area is 192 Å². The molecule has 0 saturated carbocycles. The molecule has 2 heterocycles. The minimum Gasteiger partial charge on any atom is -0.494 e. The Kier molecular flexibility index (Phi) is 7.71. The lowest BCUT2D eigenvalue weighted by Gasteiger charge is -2.11. The van der Waals surface area contributed by atoms with Gasteiger partial charge in [-0.3, -0.25) is 4.79 Å². The van der Waals surface area contributed by atoms with E-state index in [-0.39, 0.29) is 12.1 Å². The Morgan fingerprint density at radius 2 is 1.97 bits per heavy atom. The molecule has 0 radical (unpaired) electrons. The van der Waals surface area contributed by atoms with Crippen molar-refractivity contribution in [3.63, 3.8) is 0 Å². The molecule has 3 aromatic rings. The highest BCUT2D eigenvalue weighted by Gasteiger charge is 2.16. The number of nitriles is 1. The van der Waals surface area contributed by atoms with Crippen LogP contribution in [0, 0.1) is 25.2 Å². The highest BCUT2D eigenvalue weighted by Crippen LogP contribution is 2.24. The van der Waals surface area contributed by atoms with Gasteiger partial charge in [-0.2, -0.15) is 5.26 Å². The van der Waals surface area contributed by atoms with Gasteiger partial charge in [-0.25, -0.2) is 4.79 Å². The molecule has 0 unspecified atom stereocenters. The summed E-state index contributed by atoms with van der Waals surface area (Å²) in [6.45, 7) is 6.05. The van der Waals surface area contributed by atoms with Gasteiger partial charge in [0, 0.05) is 17.1 Å². The third-order valence-corrected chi connectivity index (χ3v) is 4.89. The first kappa shape index (κ1) is 23.4. The first-order chi connectivity index (χ1) is 15.9. The van der Waals surface area contributed by atoms with Gasteiger partial charge in [-0.05, 0) is 74.9 Å². The molecule has 3 rings (SSSR count). The van der Waals surface area contributed by atoms with Crippen molar-refractivity contribution in [1.82, 2.24) is 9.88 Å². The van der Waals surface area contributed by atoms with Gasteiger partial charge in [0.05, 0.1) is 19.4 Å². The summed E-state index contributed by atoms with van der Waals surface area (Å²) in [4.78, 5) is 24.2. The van der Waals surface area contributed by atoms with E-state index in [0.717, 1.165) is 22.8 Å². The maximum absolute atomic E-state index is 12.4. The average molecular weight is 447 g/mol. The second kappa shape index (κ2) is 10.9. The van der Waals surface area contributed by atoms with Crippen LogP contribution in [0.15, 0.2) is 58.7 Å². The van der Waals surface area contributed by atoms with Gasteiger partial charge in [0.25, 0.3) is 5.91 Å². The molecule has 33 heavy (non-hydrogen) atoms. The number of carbonyl (C=O) groups excluding carboxylic acids is 2. The molecule has 1 N–H and O–H groups in total. The normalized spacial score (nSPS) is 11.0. The molecule has 0 aliphatic rings. The monoisotopic (exact) mass is 447 g/mol. The molecule has 0 bridgehead atoms. The quantitative estimate of drug-likeness (QED) is 0.303. The molecule has 0 fully saturated rings. The summed E-state index contributed by atoms with van der Waals surface area (Å²) in [5.74, 6) is 0.00366. The molecule has 8 nitrogen and oxygen atoms in total. The van der Waals surface area contributed by atoms with Crippen molar-refractivity contribution >= 4 is 18.0 Å². The topological polar surface area (TPSA) is 106 Å². The van der Waals surface area contributed by atoms with Crippen molar-refractivity contribution < 1.29 is 23.5 Å².